The van der Waals surface area contributed by atoms with Crippen molar-refractivity contribution in [2.45, 2.75) is 0 Å². The summed E-state index contributed by atoms with van der Waals surface area (Å²) in [6, 6.07) is 48.2. The highest BCUT2D eigenvalue weighted by molar-refractivity contribution is 6.19. The van der Waals surface area contributed by atoms with Crippen LogP contribution >= 0.6 is 0 Å². The van der Waals surface area contributed by atoms with Gasteiger partial charge in [0.1, 0.15) is 0 Å². The van der Waals surface area contributed by atoms with E-state index in [0.29, 0.717) is 33.9 Å². The van der Waals surface area contributed by atoms with Crippen LogP contribution < -0.4 is 0 Å². The maximum atomic E-state index is 12.9. The van der Waals surface area contributed by atoms with Crippen molar-refractivity contribution in [3.8, 4) is 44.5 Å². The third-order valence-corrected chi connectivity index (χ3v) is 9.53. The van der Waals surface area contributed by atoms with Crippen molar-refractivity contribution >= 4 is 57.9 Å². The lowest BCUT2D eigenvalue weighted by Gasteiger charge is -2.07. The molecule has 8 bridgehead atoms. The van der Waals surface area contributed by atoms with Crippen molar-refractivity contribution in [1.82, 2.24) is 19.9 Å². The number of fused-ring (bicyclic) bond motifs is 8. The summed E-state index contributed by atoms with van der Waals surface area (Å²) in [7, 11) is 0. The second-order valence-electron chi connectivity index (χ2n) is 12.7. The minimum absolute atomic E-state index is 0.482. The van der Waals surface area contributed by atoms with Crippen LogP contribution in [-0.2, 0) is 9.59 Å². The smallest absolute Gasteiger partial charge is 0.152 e. The van der Waals surface area contributed by atoms with Crippen LogP contribution in [0.15, 0.2) is 146 Å². The summed E-state index contributed by atoms with van der Waals surface area (Å²) in [6.45, 7) is 0. The normalized spacial score (nSPS) is 12.2. The Hall–Kier alpha value is -7.18. The number of hydrogen-bond acceptors (Lipinski definition) is 4. The van der Waals surface area contributed by atoms with Crippen molar-refractivity contribution in [1.29, 1.82) is 0 Å². The van der Waals surface area contributed by atoms with Crippen LogP contribution in [0.1, 0.15) is 22.8 Å². The van der Waals surface area contributed by atoms with Gasteiger partial charge in [-0.25, -0.2) is 9.97 Å². The zero-order chi connectivity index (χ0) is 35.0. The molecule has 2 aliphatic rings. The Bertz CT molecular complexity index is 2550. The molecule has 2 aliphatic heterocycles. The van der Waals surface area contributed by atoms with Crippen LogP contribution in [0.25, 0.3) is 89.9 Å². The molecule has 0 fully saturated rings. The van der Waals surface area contributed by atoms with Crippen LogP contribution in [0.2, 0.25) is 0 Å². The fraction of sp³-hybridized carbons (Fsp3) is 0. The highest BCUT2D eigenvalue weighted by Gasteiger charge is 2.23. The molecule has 3 aromatic heterocycles. The third-order valence-electron chi connectivity index (χ3n) is 9.53. The summed E-state index contributed by atoms with van der Waals surface area (Å²) in [6.07, 6.45) is 5.51. The van der Waals surface area contributed by atoms with E-state index in [4.69, 9.17) is 9.97 Å². The fourth-order valence-electron chi connectivity index (χ4n) is 7.22. The van der Waals surface area contributed by atoms with Gasteiger partial charge in [0, 0.05) is 55.5 Å². The van der Waals surface area contributed by atoms with E-state index in [1.54, 1.807) is 0 Å². The first-order valence-electron chi connectivity index (χ1n) is 17.1. The van der Waals surface area contributed by atoms with E-state index in [1.807, 2.05) is 158 Å². The second-order valence-corrected chi connectivity index (χ2v) is 12.7. The third kappa shape index (κ3) is 5.30. The lowest BCUT2D eigenvalue weighted by atomic mass is 10.00. The molecule has 9 rings (SSSR count). The number of nitrogens with zero attached hydrogens (tertiary/aromatic N) is 2. The number of rotatable bonds is 6. The molecule has 0 aliphatic carbocycles. The molecule has 6 heteroatoms. The summed E-state index contributed by atoms with van der Waals surface area (Å²) in [5.74, 6) is 0. The molecule has 5 heterocycles. The molecule has 7 aromatic rings. The van der Waals surface area contributed by atoms with Gasteiger partial charge in [0.15, 0.2) is 12.6 Å². The number of aldehydes is 2. The van der Waals surface area contributed by atoms with E-state index in [1.165, 1.54) is 0 Å². The van der Waals surface area contributed by atoms with Crippen molar-refractivity contribution in [2.75, 3.05) is 0 Å². The van der Waals surface area contributed by atoms with E-state index < -0.39 is 0 Å². The molecule has 0 unspecified atom stereocenters. The molecule has 0 saturated carbocycles. The second kappa shape index (κ2) is 12.9. The molecule has 52 heavy (non-hydrogen) atoms. The summed E-state index contributed by atoms with van der Waals surface area (Å²) in [5.41, 5.74) is 13.6. The molecule has 4 aromatic carbocycles. The van der Waals surface area contributed by atoms with Gasteiger partial charge >= 0.3 is 0 Å². The standard InChI is InChI=1S/C46H30N4O2/c51-27-33-25-39-41(29-13-5-1-6-14-29)35-21-23-37(47-35)43(31-17-9-3-10-18-31)46-34(28-52)26-40(50-46)42(30-15-7-2-8-16-30)36-22-24-38(48-36)44(45(33)49-39)32-19-11-4-12-20-32/h1-28,47-48H. The molecule has 0 radical (unpaired) electrons. The minimum atomic E-state index is 0.482. The number of carbonyl (C=O) groups excluding carboxylic acids is 2. The van der Waals surface area contributed by atoms with E-state index in [0.717, 1.165) is 79.1 Å². The predicted molar refractivity (Wildman–Crippen MR) is 211 cm³/mol. The van der Waals surface area contributed by atoms with Gasteiger partial charge in [-0.3, -0.25) is 9.59 Å². The number of aromatic amines is 2. The van der Waals surface area contributed by atoms with E-state index in [2.05, 4.69) is 9.97 Å². The molecule has 0 atom stereocenters. The topological polar surface area (TPSA) is 91.5 Å². The van der Waals surface area contributed by atoms with Gasteiger partial charge in [-0.15, -0.1) is 0 Å². The number of aromatic nitrogens is 4. The Morgan fingerprint density at radius 3 is 0.962 bits per heavy atom. The van der Waals surface area contributed by atoms with Crippen LogP contribution in [0.5, 0.6) is 0 Å². The Morgan fingerprint density at radius 1 is 0.365 bits per heavy atom. The highest BCUT2D eigenvalue weighted by atomic mass is 16.1. The van der Waals surface area contributed by atoms with Crippen molar-refractivity contribution < 1.29 is 9.59 Å². The van der Waals surface area contributed by atoms with Gasteiger partial charge in [-0.05, 0) is 58.7 Å². The summed E-state index contributed by atoms with van der Waals surface area (Å²) in [4.78, 5) is 43.7. The zero-order valence-corrected chi connectivity index (χ0v) is 27.9. The lowest BCUT2D eigenvalue weighted by Crippen LogP contribution is -1.92. The number of allylic oxidation sites excluding steroid dienone is 2. The largest absolute Gasteiger partial charge is 0.354 e. The monoisotopic (exact) mass is 670 g/mol. The van der Waals surface area contributed by atoms with Crippen LogP contribution in [-0.4, -0.2) is 32.5 Å². The number of H-pyrrole nitrogens is 2. The summed E-state index contributed by atoms with van der Waals surface area (Å²) < 4.78 is 0. The quantitative estimate of drug-likeness (QED) is 0.172. The van der Waals surface area contributed by atoms with Crippen molar-refractivity contribution in [3.05, 3.63) is 168 Å². The minimum Gasteiger partial charge on any atom is -0.354 e. The molecule has 6 nitrogen and oxygen atoms in total. The van der Waals surface area contributed by atoms with Crippen LogP contribution in [0.4, 0.5) is 0 Å². The molecular formula is C46H30N4O2. The molecule has 0 amide bonds. The number of nitrogens with one attached hydrogen (secondary N) is 2. The average molecular weight is 671 g/mol. The Labute approximate surface area is 299 Å². The number of benzene rings is 4. The molecule has 246 valence electrons. The van der Waals surface area contributed by atoms with E-state index in [9.17, 15) is 9.59 Å². The van der Waals surface area contributed by atoms with Gasteiger partial charge in [0.05, 0.1) is 22.8 Å². The first kappa shape index (κ1) is 30.8. The first-order chi connectivity index (χ1) is 25.7. The molecule has 2 N–H and O–H groups in total. The fourth-order valence-corrected chi connectivity index (χ4v) is 7.22. The van der Waals surface area contributed by atoms with Gasteiger partial charge < -0.3 is 9.97 Å². The van der Waals surface area contributed by atoms with Crippen molar-refractivity contribution in [2.24, 2.45) is 0 Å². The maximum Gasteiger partial charge on any atom is 0.152 e. The van der Waals surface area contributed by atoms with E-state index >= 15 is 0 Å². The maximum absolute atomic E-state index is 12.9. The van der Waals surface area contributed by atoms with E-state index in [-0.39, 0.29) is 0 Å². The van der Waals surface area contributed by atoms with Gasteiger partial charge in [-0.1, -0.05) is 121 Å². The first-order valence-corrected chi connectivity index (χ1v) is 17.1. The molecular weight excluding hydrogens is 641 g/mol. The van der Waals surface area contributed by atoms with Gasteiger partial charge in [-0.2, -0.15) is 0 Å². The van der Waals surface area contributed by atoms with Gasteiger partial charge in [0.25, 0.3) is 0 Å². The lowest BCUT2D eigenvalue weighted by molar-refractivity contribution is -0.104. The van der Waals surface area contributed by atoms with Crippen LogP contribution in [0.3, 0.4) is 0 Å². The number of carbonyl (C=O) groups is 2. The summed E-state index contributed by atoms with van der Waals surface area (Å²) >= 11 is 0. The highest BCUT2D eigenvalue weighted by Crippen LogP contribution is 2.40. The SMILES string of the molecule is O=CC1=Cc2nc1c(-c1ccccc1)c1ccc([nH]1)c(-c1ccccc1)c1nc(c(-c3ccccc3)c3ccc([nH]3)c2-c2ccccc2)C(C=O)=C1. The van der Waals surface area contributed by atoms with Crippen LogP contribution in [0, 0.1) is 0 Å². The predicted octanol–water partition coefficient (Wildman–Crippen LogP) is 10.5. The van der Waals surface area contributed by atoms with Crippen molar-refractivity contribution in [3.63, 3.8) is 0 Å². The zero-order valence-electron chi connectivity index (χ0n) is 27.9. The number of hydrogen-bond donors (Lipinski definition) is 2. The Balaban J connectivity index is 1.54. The Morgan fingerprint density at radius 2 is 0.654 bits per heavy atom. The molecule has 0 spiro atoms. The summed E-state index contributed by atoms with van der Waals surface area (Å²) in [5, 5.41) is 0. The molecule has 0 saturated heterocycles. The van der Waals surface area contributed by atoms with Gasteiger partial charge in [0.2, 0.25) is 0 Å². The average Bonchev–Trinajstić information content (AvgIpc) is 4.03. The Kier molecular flexibility index (Phi) is 7.67.